The van der Waals surface area contributed by atoms with Gasteiger partial charge in [-0.25, -0.2) is 14.2 Å². The second kappa shape index (κ2) is 7.50. The van der Waals surface area contributed by atoms with Crippen molar-refractivity contribution in [3.05, 3.63) is 41.2 Å². The van der Waals surface area contributed by atoms with Crippen LogP contribution in [0.5, 0.6) is 0 Å². The van der Waals surface area contributed by atoms with Gasteiger partial charge in [-0.05, 0) is 50.5 Å². The highest BCUT2D eigenvalue weighted by molar-refractivity contribution is 5.74. The number of anilines is 1. The van der Waals surface area contributed by atoms with Crippen LogP contribution in [0.1, 0.15) is 30.1 Å². The summed E-state index contributed by atoms with van der Waals surface area (Å²) in [7, 11) is 0. The Morgan fingerprint density at radius 1 is 1.44 bits per heavy atom. The van der Waals surface area contributed by atoms with E-state index >= 15 is 0 Å². The van der Waals surface area contributed by atoms with E-state index in [0.717, 1.165) is 36.5 Å². The van der Waals surface area contributed by atoms with Crippen molar-refractivity contribution < 1.29 is 9.18 Å². The Balaban J connectivity index is 1.53. The largest absolute Gasteiger partial charge is 0.369 e. The van der Waals surface area contributed by atoms with Crippen LogP contribution in [0, 0.1) is 19.7 Å². The standard InChI is InChI=1S/C17H23FN6O/c1-11-8-13(18)5-6-15(11)24-7-3-4-14(10-24)21-17(25)19-9-16-20-12(2)22-23-16/h5-6,8,14H,3-4,7,9-10H2,1-2H3,(H2,19,21,25)(H,20,22,23). The summed E-state index contributed by atoms with van der Waals surface area (Å²) in [5, 5.41) is 12.5. The number of hydrogen-bond donors (Lipinski definition) is 3. The van der Waals surface area contributed by atoms with Crippen LogP contribution in [0.25, 0.3) is 0 Å². The first-order valence-corrected chi connectivity index (χ1v) is 8.44. The van der Waals surface area contributed by atoms with Crippen molar-refractivity contribution in [2.45, 2.75) is 39.3 Å². The molecule has 1 aromatic carbocycles. The van der Waals surface area contributed by atoms with Crippen molar-refractivity contribution in [1.29, 1.82) is 0 Å². The van der Waals surface area contributed by atoms with E-state index in [9.17, 15) is 9.18 Å². The fourth-order valence-electron chi connectivity index (χ4n) is 3.15. The number of nitrogens with one attached hydrogen (secondary N) is 3. The number of carbonyl (C=O) groups excluding carboxylic acids is 1. The zero-order valence-corrected chi connectivity index (χ0v) is 14.5. The molecule has 8 heteroatoms. The number of aromatic nitrogens is 3. The molecule has 1 aliphatic heterocycles. The summed E-state index contributed by atoms with van der Waals surface area (Å²) in [5.41, 5.74) is 1.93. The monoisotopic (exact) mass is 346 g/mol. The van der Waals surface area contributed by atoms with Gasteiger partial charge >= 0.3 is 6.03 Å². The molecular weight excluding hydrogens is 323 g/mol. The average Bonchev–Trinajstić information content (AvgIpc) is 2.99. The number of piperidine rings is 1. The normalized spacial score (nSPS) is 17.4. The third-order valence-corrected chi connectivity index (χ3v) is 4.31. The van der Waals surface area contributed by atoms with Gasteiger partial charge in [-0.1, -0.05) is 0 Å². The van der Waals surface area contributed by atoms with Crippen molar-refractivity contribution in [1.82, 2.24) is 25.8 Å². The van der Waals surface area contributed by atoms with Gasteiger partial charge < -0.3 is 15.5 Å². The highest BCUT2D eigenvalue weighted by Crippen LogP contribution is 2.24. The van der Waals surface area contributed by atoms with Gasteiger partial charge in [-0.3, -0.25) is 5.10 Å². The third kappa shape index (κ3) is 4.46. The van der Waals surface area contributed by atoms with Crippen LogP contribution in [-0.2, 0) is 6.54 Å². The number of carbonyl (C=O) groups is 1. The van der Waals surface area contributed by atoms with E-state index < -0.39 is 0 Å². The van der Waals surface area contributed by atoms with Crippen molar-refractivity contribution in [2.24, 2.45) is 0 Å². The molecule has 2 aromatic rings. The number of aromatic amines is 1. The second-order valence-corrected chi connectivity index (χ2v) is 6.38. The Bertz CT molecular complexity index is 746. The number of amides is 2. The lowest BCUT2D eigenvalue weighted by Gasteiger charge is -2.35. The molecule has 0 spiro atoms. The van der Waals surface area contributed by atoms with Gasteiger partial charge in [-0.2, -0.15) is 5.10 Å². The van der Waals surface area contributed by atoms with Crippen LogP contribution in [0.15, 0.2) is 18.2 Å². The van der Waals surface area contributed by atoms with Crippen LogP contribution in [-0.4, -0.2) is 40.3 Å². The summed E-state index contributed by atoms with van der Waals surface area (Å²) in [6, 6.07) is 4.64. The third-order valence-electron chi connectivity index (χ3n) is 4.31. The number of benzene rings is 1. The first-order chi connectivity index (χ1) is 12.0. The molecule has 0 saturated carbocycles. The molecule has 0 bridgehead atoms. The Morgan fingerprint density at radius 2 is 2.28 bits per heavy atom. The van der Waals surface area contributed by atoms with Crippen molar-refractivity contribution in [3.63, 3.8) is 0 Å². The fraction of sp³-hybridized carbons (Fsp3) is 0.471. The lowest BCUT2D eigenvalue weighted by molar-refractivity contribution is 0.234. The summed E-state index contributed by atoms with van der Waals surface area (Å²) < 4.78 is 13.3. The number of hydrogen-bond acceptors (Lipinski definition) is 4. The first kappa shape index (κ1) is 17.2. The summed E-state index contributed by atoms with van der Waals surface area (Å²) >= 11 is 0. The molecule has 7 nitrogen and oxygen atoms in total. The fourth-order valence-corrected chi connectivity index (χ4v) is 3.15. The molecule has 1 aliphatic rings. The van der Waals surface area contributed by atoms with Gasteiger partial charge in [-0.15, -0.1) is 0 Å². The maximum atomic E-state index is 13.3. The minimum absolute atomic E-state index is 0.0482. The molecule has 2 heterocycles. The maximum Gasteiger partial charge on any atom is 0.315 e. The van der Waals surface area contributed by atoms with Gasteiger partial charge in [0.15, 0.2) is 5.82 Å². The topological polar surface area (TPSA) is 85.9 Å². The molecule has 1 fully saturated rings. The second-order valence-electron chi connectivity index (χ2n) is 6.38. The minimum atomic E-state index is -0.231. The zero-order chi connectivity index (χ0) is 17.8. The van der Waals surface area contributed by atoms with Crippen LogP contribution in [0.3, 0.4) is 0 Å². The maximum absolute atomic E-state index is 13.3. The van der Waals surface area contributed by atoms with E-state index in [4.69, 9.17) is 0 Å². The summed E-state index contributed by atoms with van der Waals surface area (Å²) in [5.74, 6) is 1.05. The van der Waals surface area contributed by atoms with Gasteiger partial charge in [0.1, 0.15) is 11.6 Å². The SMILES string of the molecule is Cc1nc(CNC(=O)NC2CCCN(c3ccc(F)cc3C)C2)n[nH]1. The molecule has 2 amide bonds. The van der Waals surface area contributed by atoms with Gasteiger partial charge in [0, 0.05) is 24.8 Å². The number of halogens is 1. The number of urea groups is 1. The summed E-state index contributed by atoms with van der Waals surface area (Å²) in [6.45, 7) is 5.61. The zero-order valence-electron chi connectivity index (χ0n) is 14.5. The molecule has 1 unspecified atom stereocenters. The number of nitrogens with zero attached hydrogens (tertiary/aromatic N) is 3. The minimum Gasteiger partial charge on any atom is -0.369 e. The predicted octanol–water partition coefficient (Wildman–Crippen LogP) is 2.03. The molecule has 0 radical (unpaired) electrons. The molecule has 1 aromatic heterocycles. The molecule has 1 atom stereocenters. The summed E-state index contributed by atoms with van der Waals surface area (Å²) in [6.07, 6.45) is 1.89. The number of aryl methyl sites for hydroxylation is 2. The highest BCUT2D eigenvalue weighted by atomic mass is 19.1. The van der Waals surface area contributed by atoms with E-state index in [2.05, 4.69) is 30.7 Å². The number of rotatable bonds is 4. The molecule has 1 saturated heterocycles. The van der Waals surface area contributed by atoms with E-state index in [1.807, 2.05) is 13.8 Å². The molecule has 134 valence electrons. The predicted molar refractivity (Wildman–Crippen MR) is 92.9 cm³/mol. The molecule has 3 rings (SSSR count). The van der Waals surface area contributed by atoms with E-state index in [0.29, 0.717) is 12.4 Å². The Kier molecular flexibility index (Phi) is 5.16. The van der Waals surface area contributed by atoms with E-state index in [1.54, 1.807) is 6.07 Å². The Labute approximate surface area is 146 Å². The van der Waals surface area contributed by atoms with E-state index in [-0.39, 0.29) is 24.4 Å². The van der Waals surface area contributed by atoms with E-state index in [1.165, 1.54) is 12.1 Å². The highest BCUT2D eigenvalue weighted by Gasteiger charge is 2.22. The molecule has 0 aliphatic carbocycles. The quantitative estimate of drug-likeness (QED) is 0.791. The van der Waals surface area contributed by atoms with Crippen molar-refractivity contribution >= 4 is 11.7 Å². The van der Waals surface area contributed by atoms with Crippen LogP contribution >= 0.6 is 0 Å². The van der Waals surface area contributed by atoms with Crippen LogP contribution < -0.4 is 15.5 Å². The number of H-pyrrole nitrogens is 1. The Hall–Kier alpha value is -2.64. The average molecular weight is 346 g/mol. The van der Waals surface area contributed by atoms with Gasteiger partial charge in [0.05, 0.1) is 6.54 Å². The molecule has 25 heavy (non-hydrogen) atoms. The van der Waals surface area contributed by atoms with Crippen LogP contribution in [0.2, 0.25) is 0 Å². The first-order valence-electron chi connectivity index (χ1n) is 8.44. The van der Waals surface area contributed by atoms with Gasteiger partial charge in [0.2, 0.25) is 0 Å². The lowest BCUT2D eigenvalue weighted by Crippen LogP contribution is -2.50. The van der Waals surface area contributed by atoms with Crippen molar-refractivity contribution in [3.8, 4) is 0 Å². The summed E-state index contributed by atoms with van der Waals surface area (Å²) in [4.78, 5) is 18.4. The molecule has 3 N–H and O–H groups in total. The smallest absolute Gasteiger partial charge is 0.315 e. The van der Waals surface area contributed by atoms with Crippen molar-refractivity contribution in [2.75, 3.05) is 18.0 Å². The van der Waals surface area contributed by atoms with Crippen LogP contribution in [0.4, 0.5) is 14.9 Å². The lowest BCUT2D eigenvalue weighted by atomic mass is 10.0. The van der Waals surface area contributed by atoms with Gasteiger partial charge in [0.25, 0.3) is 0 Å². The Morgan fingerprint density at radius 3 is 3.00 bits per heavy atom. The molecular formula is C17H23FN6O.